The lowest BCUT2D eigenvalue weighted by molar-refractivity contribution is 0.377. The lowest BCUT2D eigenvalue weighted by atomic mass is 9.92. The average molecular weight is 327 g/mol. The van der Waals surface area contributed by atoms with Crippen molar-refractivity contribution >= 4 is 32.3 Å². The largest absolute Gasteiger partial charge is 0.467 e. The van der Waals surface area contributed by atoms with Crippen LogP contribution in [-0.4, -0.2) is 22.1 Å². The van der Waals surface area contributed by atoms with Crippen molar-refractivity contribution in [2.24, 2.45) is 0 Å². The van der Waals surface area contributed by atoms with Gasteiger partial charge < -0.3 is 4.74 Å². The van der Waals surface area contributed by atoms with Crippen LogP contribution >= 0.6 is 0 Å². The SMILES string of the molecule is COc1nc(-c2ccc3ccc4cccc5ccc2c3c45)[nH]c(=O)n1. The van der Waals surface area contributed by atoms with Gasteiger partial charge in [-0.05, 0) is 32.3 Å². The van der Waals surface area contributed by atoms with Crippen molar-refractivity contribution in [1.82, 2.24) is 15.0 Å². The second kappa shape index (κ2) is 5.01. The summed E-state index contributed by atoms with van der Waals surface area (Å²) in [6.07, 6.45) is 0. The number of ether oxygens (including phenoxy) is 1. The standard InChI is InChI=1S/C20H13N3O2/c1-25-20-22-18(21-19(24)23-20)15-10-8-13-6-5-11-3-2-4-12-7-9-14(15)17(13)16(11)12/h2-10H,1H3,(H,21,22,23,24). The Hall–Kier alpha value is -3.47. The van der Waals surface area contributed by atoms with Crippen LogP contribution in [0, 0.1) is 0 Å². The molecule has 0 radical (unpaired) electrons. The topological polar surface area (TPSA) is 67.9 Å². The van der Waals surface area contributed by atoms with Crippen molar-refractivity contribution in [3.8, 4) is 17.4 Å². The van der Waals surface area contributed by atoms with Gasteiger partial charge in [0, 0.05) is 5.56 Å². The Kier molecular flexibility index (Phi) is 2.79. The Morgan fingerprint density at radius 2 is 1.52 bits per heavy atom. The summed E-state index contributed by atoms with van der Waals surface area (Å²) in [4.78, 5) is 22.6. The maximum atomic E-state index is 11.8. The van der Waals surface area contributed by atoms with Crippen LogP contribution in [0.15, 0.2) is 59.4 Å². The highest BCUT2D eigenvalue weighted by Crippen LogP contribution is 2.38. The highest BCUT2D eigenvalue weighted by molar-refractivity contribution is 6.25. The minimum Gasteiger partial charge on any atom is -0.467 e. The van der Waals surface area contributed by atoms with Gasteiger partial charge in [-0.3, -0.25) is 4.98 Å². The third kappa shape index (κ3) is 1.99. The number of aromatic nitrogens is 3. The van der Waals surface area contributed by atoms with E-state index in [1.807, 2.05) is 6.07 Å². The number of nitrogens with one attached hydrogen (secondary N) is 1. The fourth-order valence-electron chi connectivity index (χ4n) is 3.53. The minimum absolute atomic E-state index is 0.0597. The predicted octanol–water partition coefficient (Wildman–Crippen LogP) is 3.74. The molecule has 0 amide bonds. The molecule has 0 fully saturated rings. The maximum Gasteiger partial charge on any atom is 0.351 e. The van der Waals surface area contributed by atoms with Gasteiger partial charge in [0.25, 0.3) is 0 Å². The summed E-state index contributed by atoms with van der Waals surface area (Å²) in [5.41, 5.74) is 0.371. The van der Waals surface area contributed by atoms with Gasteiger partial charge in [0.1, 0.15) is 5.82 Å². The molecular formula is C20H13N3O2. The van der Waals surface area contributed by atoms with Gasteiger partial charge in [0.05, 0.1) is 7.11 Å². The molecule has 0 unspecified atom stereocenters. The molecule has 0 atom stereocenters. The Morgan fingerprint density at radius 1 is 0.840 bits per heavy atom. The van der Waals surface area contributed by atoms with Crippen LogP contribution in [-0.2, 0) is 0 Å². The first kappa shape index (κ1) is 13.9. The van der Waals surface area contributed by atoms with E-state index in [1.54, 1.807) is 0 Å². The molecule has 1 N–H and O–H groups in total. The van der Waals surface area contributed by atoms with E-state index >= 15 is 0 Å². The van der Waals surface area contributed by atoms with E-state index in [0.717, 1.165) is 16.3 Å². The molecule has 0 bridgehead atoms. The number of hydrogen-bond donors (Lipinski definition) is 1. The van der Waals surface area contributed by atoms with E-state index in [9.17, 15) is 4.79 Å². The Bertz CT molecular complexity index is 1290. The molecule has 0 aliphatic rings. The van der Waals surface area contributed by atoms with E-state index in [-0.39, 0.29) is 6.01 Å². The summed E-state index contributed by atoms with van der Waals surface area (Å²) in [5, 5.41) is 6.99. The summed E-state index contributed by atoms with van der Waals surface area (Å²) in [5.74, 6) is 0.454. The lowest BCUT2D eigenvalue weighted by Crippen LogP contribution is -2.14. The number of hydrogen-bond acceptors (Lipinski definition) is 4. The summed E-state index contributed by atoms with van der Waals surface area (Å²) in [6.45, 7) is 0. The summed E-state index contributed by atoms with van der Waals surface area (Å²) in [6, 6.07) is 18.8. The first-order chi connectivity index (χ1) is 12.2. The van der Waals surface area contributed by atoms with Crippen LogP contribution in [0.4, 0.5) is 0 Å². The summed E-state index contributed by atoms with van der Waals surface area (Å²) in [7, 11) is 1.45. The Labute approximate surface area is 142 Å². The van der Waals surface area contributed by atoms with E-state index in [4.69, 9.17) is 4.74 Å². The quantitative estimate of drug-likeness (QED) is 0.502. The van der Waals surface area contributed by atoms with Crippen LogP contribution in [0.3, 0.4) is 0 Å². The maximum absolute atomic E-state index is 11.8. The fourth-order valence-corrected chi connectivity index (χ4v) is 3.53. The zero-order chi connectivity index (χ0) is 17.0. The molecule has 0 aliphatic heterocycles. The number of nitrogens with zero attached hydrogens (tertiary/aromatic N) is 2. The van der Waals surface area contributed by atoms with Crippen molar-refractivity contribution < 1.29 is 4.74 Å². The van der Waals surface area contributed by atoms with E-state index in [2.05, 4.69) is 63.5 Å². The highest BCUT2D eigenvalue weighted by Gasteiger charge is 2.14. The molecule has 120 valence electrons. The van der Waals surface area contributed by atoms with Crippen LogP contribution in [0.1, 0.15) is 0 Å². The van der Waals surface area contributed by atoms with Gasteiger partial charge in [-0.25, -0.2) is 4.79 Å². The second-order valence-electron chi connectivity index (χ2n) is 5.96. The minimum atomic E-state index is -0.479. The predicted molar refractivity (Wildman–Crippen MR) is 98.3 cm³/mol. The molecule has 5 rings (SSSR count). The molecule has 25 heavy (non-hydrogen) atoms. The van der Waals surface area contributed by atoms with Gasteiger partial charge in [-0.2, -0.15) is 4.98 Å². The van der Waals surface area contributed by atoms with Crippen molar-refractivity contribution in [1.29, 1.82) is 0 Å². The van der Waals surface area contributed by atoms with Crippen molar-refractivity contribution in [3.05, 3.63) is 65.1 Å². The summed E-state index contributed by atoms with van der Waals surface area (Å²) >= 11 is 0. The van der Waals surface area contributed by atoms with Crippen molar-refractivity contribution in [2.75, 3.05) is 7.11 Å². The third-order valence-corrected chi connectivity index (χ3v) is 4.60. The fraction of sp³-hybridized carbons (Fsp3) is 0.0500. The van der Waals surface area contributed by atoms with Crippen molar-refractivity contribution in [2.45, 2.75) is 0 Å². The normalized spacial score (nSPS) is 11.6. The molecule has 0 spiro atoms. The highest BCUT2D eigenvalue weighted by atomic mass is 16.5. The zero-order valence-corrected chi connectivity index (χ0v) is 13.4. The van der Waals surface area contributed by atoms with E-state index in [1.165, 1.54) is 28.7 Å². The van der Waals surface area contributed by atoms with Crippen LogP contribution in [0.5, 0.6) is 6.01 Å². The Morgan fingerprint density at radius 3 is 2.28 bits per heavy atom. The second-order valence-corrected chi connectivity index (χ2v) is 5.96. The number of H-pyrrole nitrogens is 1. The first-order valence-corrected chi connectivity index (χ1v) is 7.94. The molecule has 0 saturated heterocycles. The zero-order valence-electron chi connectivity index (χ0n) is 13.4. The van der Waals surface area contributed by atoms with E-state index < -0.39 is 5.69 Å². The Balaban J connectivity index is 1.94. The van der Waals surface area contributed by atoms with Gasteiger partial charge in [-0.1, -0.05) is 54.6 Å². The summed E-state index contributed by atoms with van der Waals surface area (Å²) < 4.78 is 5.04. The smallest absolute Gasteiger partial charge is 0.351 e. The van der Waals surface area contributed by atoms with Gasteiger partial charge in [0.15, 0.2) is 0 Å². The monoisotopic (exact) mass is 327 g/mol. The lowest BCUT2D eigenvalue weighted by Gasteiger charge is -2.13. The van der Waals surface area contributed by atoms with Gasteiger partial charge in [-0.15, -0.1) is 4.98 Å². The van der Waals surface area contributed by atoms with Crippen molar-refractivity contribution in [3.63, 3.8) is 0 Å². The molecule has 5 nitrogen and oxygen atoms in total. The average Bonchev–Trinajstić information content (AvgIpc) is 2.65. The van der Waals surface area contributed by atoms with Gasteiger partial charge in [0.2, 0.25) is 0 Å². The molecule has 0 saturated carbocycles. The molecule has 5 heteroatoms. The van der Waals surface area contributed by atoms with Crippen LogP contribution in [0.2, 0.25) is 0 Å². The molecule has 4 aromatic carbocycles. The third-order valence-electron chi connectivity index (χ3n) is 4.60. The molecule has 1 aromatic heterocycles. The van der Waals surface area contributed by atoms with E-state index in [0.29, 0.717) is 5.82 Å². The first-order valence-electron chi connectivity index (χ1n) is 7.94. The number of methoxy groups -OCH3 is 1. The molecular weight excluding hydrogens is 314 g/mol. The van der Waals surface area contributed by atoms with Gasteiger partial charge >= 0.3 is 11.7 Å². The number of aromatic amines is 1. The number of benzene rings is 4. The number of rotatable bonds is 2. The molecule has 5 aromatic rings. The molecule has 0 aliphatic carbocycles. The molecule has 1 heterocycles. The van der Waals surface area contributed by atoms with Crippen LogP contribution in [0.25, 0.3) is 43.7 Å². The van der Waals surface area contributed by atoms with Crippen LogP contribution < -0.4 is 10.4 Å².